The lowest BCUT2D eigenvalue weighted by Crippen LogP contribution is -2.56. The molecule has 0 bridgehead atoms. The van der Waals surface area contributed by atoms with Crippen molar-refractivity contribution in [2.45, 2.75) is 239 Å². The number of hydrogen-bond acceptors (Lipinski definition) is 4. The van der Waals surface area contributed by atoms with Gasteiger partial charge < -0.3 is 14.7 Å². The normalized spacial score (nSPS) is 23.9. The molecule has 3 aliphatic heterocycles. The summed E-state index contributed by atoms with van der Waals surface area (Å²) in [6.45, 7) is 49.9. The van der Waals surface area contributed by atoms with Gasteiger partial charge in [0.1, 0.15) is 0 Å². The Balaban J connectivity index is 1.20. The highest BCUT2D eigenvalue weighted by molar-refractivity contribution is 8.06. The summed E-state index contributed by atoms with van der Waals surface area (Å²) in [5.41, 5.74) is 27.1. The zero-order valence-corrected chi connectivity index (χ0v) is 55.5. The lowest BCUT2D eigenvalue weighted by Gasteiger charge is -2.52. The van der Waals surface area contributed by atoms with Crippen molar-refractivity contribution in [3.63, 3.8) is 0 Å². The van der Waals surface area contributed by atoms with Crippen molar-refractivity contribution in [3.8, 4) is 0 Å². The Bertz CT molecular complexity index is 3600. The molecule has 3 heterocycles. The average Bonchev–Trinajstić information content (AvgIpc) is 3.97. The highest BCUT2D eigenvalue weighted by atomic mass is 32.2. The second-order valence-corrected chi connectivity index (χ2v) is 34.5. The first-order valence-electron chi connectivity index (χ1n) is 32.4. The monoisotopic (exact) mass is 1120 g/mol. The van der Waals surface area contributed by atoms with Crippen LogP contribution in [-0.2, 0) is 32.5 Å². The molecule has 0 N–H and O–H groups in total. The molecule has 13 rings (SSSR count). The third kappa shape index (κ3) is 8.83. The van der Waals surface area contributed by atoms with E-state index < -0.39 is 0 Å². The second-order valence-electron chi connectivity index (χ2n) is 33.3. The molecule has 0 radical (unpaired) electrons. The summed E-state index contributed by atoms with van der Waals surface area (Å²) in [7, 11) is 0. The maximum atomic E-state index is 2.90. The molecule has 1 saturated carbocycles. The van der Waals surface area contributed by atoms with E-state index >= 15 is 0 Å². The van der Waals surface area contributed by atoms with Crippen LogP contribution >= 0.6 is 11.8 Å². The van der Waals surface area contributed by atoms with Crippen LogP contribution in [0, 0.1) is 16.7 Å². The average molecular weight is 1120 g/mol. The van der Waals surface area contributed by atoms with Crippen LogP contribution in [0.25, 0.3) is 0 Å². The molecule has 0 amide bonds. The van der Waals surface area contributed by atoms with Crippen LogP contribution in [0.3, 0.4) is 0 Å². The van der Waals surface area contributed by atoms with Crippen molar-refractivity contribution in [1.29, 1.82) is 0 Å². The standard InChI is InChI=1S/C78H98BN3S/c1-47(2)49-21-25-51(26-22-49)80(52-27-23-50(24-28-52)48(3)4)55-43-64-67-65(44-55)82(54-30-32-57-59(42-54)74(11,12)36-34-72(57,7)8)68-66-69(78(19,20)40-39-77(66,17)18)83-70(68)79(67)62-45-60-61(76(15,16)38-37-75(60,13)14)46-63(62)81(64)53-29-31-56-58(41-53)73(9,10)35-33-71(56,5)6/h21-32,41-48,66,69H,33-40H2,1-20H3. The van der Waals surface area contributed by atoms with Gasteiger partial charge in [0.05, 0.1) is 5.69 Å². The van der Waals surface area contributed by atoms with Gasteiger partial charge >= 0.3 is 0 Å². The third-order valence-corrected chi connectivity index (χ3v) is 25.0. The van der Waals surface area contributed by atoms with E-state index in [1.165, 1.54) is 147 Å². The smallest absolute Gasteiger partial charge is 0.259 e. The van der Waals surface area contributed by atoms with Crippen LogP contribution < -0.4 is 25.6 Å². The molecule has 3 nitrogen and oxygen atoms in total. The Morgan fingerprint density at radius 1 is 0.410 bits per heavy atom. The summed E-state index contributed by atoms with van der Waals surface area (Å²) in [4.78, 5) is 9.90. The van der Waals surface area contributed by atoms with Gasteiger partial charge in [-0.15, -0.1) is 11.8 Å². The van der Waals surface area contributed by atoms with Crippen LogP contribution in [-0.4, -0.2) is 12.0 Å². The van der Waals surface area contributed by atoms with E-state index in [0.29, 0.717) is 23.0 Å². The quantitative estimate of drug-likeness (QED) is 0.147. The Morgan fingerprint density at radius 3 is 1.27 bits per heavy atom. The molecule has 5 heteroatoms. The maximum absolute atomic E-state index is 2.90. The first kappa shape index (κ1) is 57.0. The fraction of sp³-hybridized carbons (Fsp3) is 0.513. The summed E-state index contributed by atoms with van der Waals surface area (Å²) in [5.74, 6) is 1.21. The minimum absolute atomic E-state index is 0.0233. The highest BCUT2D eigenvalue weighted by Gasteiger charge is 2.60. The van der Waals surface area contributed by atoms with Crippen molar-refractivity contribution < 1.29 is 0 Å². The Kier molecular flexibility index (Phi) is 12.8. The Morgan fingerprint density at radius 2 is 0.807 bits per heavy atom. The van der Waals surface area contributed by atoms with Gasteiger partial charge in [-0.05, 0) is 233 Å². The van der Waals surface area contributed by atoms with E-state index in [0.717, 1.165) is 0 Å². The van der Waals surface area contributed by atoms with Gasteiger partial charge in [0.15, 0.2) is 0 Å². The summed E-state index contributed by atoms with van der Waals surface area (Å²) >= 11 is 2.29. The molecule has 83 heavy (non-hydrogen) atoms. The summed E-state index contributed by atoms with van der Waals surface area (Å²) in [6, 6.07) is 45.5. The van der Waals surface area contributed by atoms with Crippen molar-refractivity contribution in [3.05, 3.63) is 164 Å². The minimum Gasteiger partial charge on any atom is -0.314 e. The Labute approximate surface area is 507 Å². The molecule has 1 fully saturated rings. The molecule has 4 aliphatic carbocycles. The number of fused-ring (bicyclic) bond motifs is 8. The van der Waals surface area contributed by atoms with Crippen LogP contribution in [0.5, 0.6) is 0 Å². The fourth-order valence-electron chi connectivity index (χ4n) is 16.9. The topological polar surface area (TPSA) is 9.72 Å². The molecule has 0 aromatic heterocycles. The fourth-order valence-corrected chi connectivity index (χ4v) is 19.0. The van der Waals surface area contributed by atoms with Gasteiger partial charge in [0.2, 0.25) is 0 Å². The summed E-state index contributed by atoms with van der Waals surface area (Å²) in [6.07, 6.45) is 9.53. The predicted molar refractivity (Wildman–Crippen MR) is 362 cm³/mol. The van der Waals surface area contributed by atoms with Gasteiger partial charge in [0.25, 0.3) is 6.71 Å². The van der Waals surface area contributed by atoms with Gasteiger partial charge in [-0.1, -0.05) is 181 Å². The molecule has 7 aliphatic rings. The van der Waals surface area contributed by atoms with E-state index in [4.69, 9.17) is 0 Å². The molecule has 2 atom stereocenters. The number of allylic oxidation sites excluding steroid dienone is 1. The molecular formula is C78H98BN3S. The van der Waals surface area contributed by atoms with E-state index in [2.05, 4.69) is 274 Å². The van der Waals surface area contributed by atoms with Crippen LogP contribution in [0.15, 0.2) is 120 Å². The predicted octanol–water partition coefficient (Wildman–Crippen LogP) is 21.3. The molecule has 0 saturated heterocycles. The zero-order chi connectivity index (χ0) is 59.3. The van der Waals surface area contributed by atoms with Crippen molar-refractivity contribution >= 4 is 74.9 Å². The number of benzene rings is 6. The largest absolute Gasteiger partial charge is 0.314 e. The van der Waals surface area contributed by atoms with E-state index in [1.54, 1.807) is 16.1 Å². The van der Waals surface area contributed by atoms with E-state index in [9.17, 15) is 0 Å². The molecule has 434 valence electrons. The number of thioether (sulfide) groups is 1. The van der Waals surface area contributed by atoms with Crippen molar-refractivity contribution in [2.24, 2.45) is 16.7 Å². The van der Waals surface area contributed by atoms with Gasteiger partial charge in [-0.2, -0.15) is 0 Å². The number of rotatable bonds is 7. The SMILES string of the molecule is CC(C)c1ccc(N(c2ccc(C(C)C)cc2)c2cc3c4c(c2)N(c2ccc5c(c2)C(C)(C)CCC5(C)C)c2cc5c(cc2B4C2=C(C4C(S2)C(C)(C)CCC4(C)C)N3c2ccc3c(c2)C(C)(C)CCC3(C)C)C(C)(C)CCC5(C)C)cc1. The molecule has 6 aromatic carbocycles. The van der Waals surface area contributed by atoms with Crippen LogP contribution in [0.4, 0.5) is 45.5 Å². The zero-order valence-electron chi connectivity index (χ0n) is 54.7. The molecule has 6 aromatic rings. The first-order valence-corrected chi connectivity index (χ1v) is 33.3. The molecule has 0 spiro atoms. The summed E-state index contributed by atoms with van der Waals surface area (Å²) < 4.78 is 0. The number of nitrogens with zero attached hydrogens (tertiary/aromatic N) is 3. The van der Waals surface area contributed by atoms with Gasteiger partial charge in [-0.3, -0.25) is 0 Å². The summed E-state index contributed by atoms with van der Waals surface area (Å²) in [5, 5.41) is 0.431. The lowest BCUT2D eigenvalue weighted by molar-refractivity contribution is 0.0881. The third-order valence-electron chi connectivity index (χ3n) is 23.2. The highest BCUT2D eigenvalue weighted by Crippen LogP contribution is 2.66. The van der Waals surface area contributed by atoms with Crippen molar-refractivity contribution in [1.82, 2.24) is 0 Å². The molecule has 2 unspecified atom stereocenters. The number of anilines is 8. The van der Waals surface area contributed by atoms with E-state index in [1.807, 2.05) is 0 Å². The van der Waals surface area contributed by atoms with Crippen LogP contribution in [0.2, 0.25) is 0 Å². The minimum atomic E-state index is 0.0233. The maximum Gasteiger partial charge on any atom is 0.259 e. The number of hydrogen-bond donors (Lipinski definition) is 0. The van der Waals surface area contributed by atoms with Gasteiger partial charge in [-0.25, -0.2) is 0 Å². The van der Waals surface area contributed by atoms with E-state index in [-0.39, 0.29) is 50.0 Å². The van der Waals surface area contributed by atoms with Gasteiger partial charge in [0, 0.05) is 56.7 Å². The Hall–Kier alpha value is -5.13. The van der Waals surface area contributed by atoms with Crippen molar-refractivity contribution in [2.75, 3.05) is 14.7 Å². The second kappa shape index (κ2) is 18.7. The first-order chi connectivity index (χ1) is 38.7. The molecular weight excluding hydrogens is 1020 g/mol. The van der Waals surface area contributed by atoms with Crippen LogP contribution in [0.1, 0.15) is 246 Å². The lowest BCUT2D eigenvalue weighted by atomic mass is 9.35.